The number of aromatic nitrogens is 2. The lowest BCUT2D eigenvalue weighted by Gasteiger charge is -2.14. The molecule has 0 bridgehead atoms. The quantitative estimate of drug-likeness (QED) is 0.517. The Bertz CT molecular complexity index is 1130. The lowest BCUT2D eigenvalue weighted by Crippen LogP contribution is -2.29. The van der Waals surface area contributed by atoms with E-state index in [-0.39, 0.29) is 11.4 Å². The SMILES string of the molecule is CO[C@@H](CNS(=O)(=O)c1ccc(-n2cccn2)cc1)c1cc2ccccc2o1. The molecule has 7 nitrogen and oxygen atoms in total. The number of rotatable bonds is 7. The molecule has 0 aliphatic rings. The van der Waals surface area contributed by atoms with Crippen molar-refractivity contribution in [2.75, 3.05) is 13.7 Å². The molecule has 8 heteroatoms. The van der Waals surface area contributed by atoms with Gasteiger partial charge in [-0.1, -0.05) is 18.2 Å². The molecular formula is C20H19N3O4S. The molecule has 0 unspecified atom stereocenters. The predicted octanol–water partition coefficient (Wildman–Crippen LogP) is 3.28. The van der Waals surface area contributed by atoms with Gasteiger partial charge in [0, 0.05) is 31.4 Å². The summed E-state index contributed by atoms with van der Waals surface area (Å²) in [5, 5.41) is 5.07. The third kappa shape index (κ3) is 3.70. The van der Waals surface area contributed by atoms with Crippen molar-refractivity contribution in [3.05, 3.63) is 78.8 Å². The van der Waals surface area contributed by atoms with E-state index in [0.717, 1.165) is 16.7 Å². The van der Waals surface area contributed by atoms with Gasteiger partial charge < -0.3 is 9.15 Å². The van der Waals surface area contributed by atoms with Crippen LogP contribution in [-0.2, 0) is 14.8 Å². The molecule has 0 saturated carbocycles. The van der Waals surface area contributed by atoms with Gasteiger partial charge in [0.05, 0.1) is 10.6 Å². The van der Waals surface area contributed by atoms with Gasteiger partial charge in [-0.3, -0.25) is 0 Å². The van der Waals surface area contributed by atoms with Crippen LogP contribution in [0.3, 0.4) is 0 Å². The van der Waals surface area contributed by atoms with Crippen molar-refractivity contribution in [3.8, 4) is 5.69 Å². The van der Waals surface area contributed by atoms with Crippen LogP contribution in [0, 0.1) is 0 Å². The van der Waals surface area contributed by atoms with Crippen LogP contribution < -0.4 is 4.72 Å². The van der Waals surface area contributed by atoms with Gasteiger partial charge in [-0.05, 0) is 42.5 Å². The summed E-state index contributed by atoms with van der Waals surface area (Å²) in [5.41, 5.74) is 1.51. The molecule has 1 N–H and O–H groups in total. The van der Waals surface area contributed by atoms with Crippen LogP contribution in [0.5, 0.6) is 0 Å². The van der Waals surface area contributed by atoms with Crippen molar-refractivity contribution in [2.45, 2.75) is 11.0 Å². The first-order chi connectivity index (χ1) is 13.6. The van der Waals surface area contributed by atoms with Crippen LogP contribution in [0.1, 0.15) is 11.9 Å². The second-order valence-electron chi connectivity index (χ2n) is 6.21. The first kappa shape index (κ1) is 18.4. The maximum absolute atomic E-state index is 12.6. The highest BCUT2D eigenvalue weighted by Crippen LogP contribution is 2.25. The molecule has 0 radical (unpaired) electrons. The summed E-state index contributed by atoms with van der Waals surface area (Å²) in [4.78, 5) is 0.169. The van der Waals surface area contributed by atoms with E-state index < -0.39 is 16.1 Å². The van der Waals surface area contributed by atoms with Gasteiger partial charge in [0.1, 0.15) is 17.4 Å². The number of fused-ring (bicyclic) bond motifs is 1. The molecule has 4 aromatic rings. The number of hydrogen-bond donors (Lipinski definition) is 1. The van der Waals surface area contributed by atoms with Gasteiger partial charge in [0.15, 0.2) is 0 Å². The van der Waals surface area contributed by atoms with Crippen LogP contribution in [0.15, 0.2) is 82.4 Å². The molecule has 28 heavy (non-hydrogen) atoms. The molecule has 4 rings (SSSR count). The highest BCUT2D eigenvalue weighted by molar-refractivity contribution is 7.89. The van der Waals surface area contributed by atoms with Gasteiger partial charge >= 0.3 is 0 Å². The summed E-state index contributed by atoms with van der Waals surface area (Å²) in [7, 11) is -2.17. The van der Waals surface area contributed by atoms with E-state index in [4.69, 9.17) is 9.15 Å². The fourth-order valence-corrected chi connectivity index (χ4v) is 3.96. The third-order valence-electron chi connectivity index (χ3n) is 4.42. The van der Waals surface area contributed by atoms with Crippen LogP contribution in [-0.4, -0.2) is 31.9 Å². The Hall–Kier alpha value is -2.94. The van der Waals surface area contributed by atoms with Crippen molar-refractivity contribution in [1.82, 2.24) is 14.5 Å². The van der Waals surface area contributed by atoms with E-state index in [1.54, 1.807) is 47.4 Å². The lowest BCUT2D eigenvalue weighted by atomic mass is 10.2. The van der Waals surface area contributed by atoms with E-state index in [9.17, 15) is 8.42 Å². The molecule has 2 aromatic heterocycles. The minimum Gasteiger partial charge on any atom is -0.458 e. The maximum Gasteiger partial charge on any atom is 0.240 e. The number of nitrogens with one attached hydrogen (secondary N) is 1. The van der Waals surface area contributed by atoms with Crippen molar-refractivity contribution in [1.29, 1.82) is 0 Å². The fraction of sp³-hybridized carbons (Fsp3) is 0.150. The van der Waals surface area contributed by atoms with Crippen molar-refractivity contribution in [2.24, 2.45) is 0 Å². The van der Waals surface area contributed by atoms with Gasteiger partial charge in [-0.25, -0.2) is 17.8 Å². The first-order valence-corrected chi connectivity index (χ1v) is 10.2. The molecule has 0 aliphatic carbocycles. The lowest BCUT2D eigenvalue weighted by molar-refractivity contribution is 0.0893. The maximum atomic E-state index is 12.6. The van der Waals surface area contributed by atoms with E-state index in [1.165, 1.54) is 7.11 Å². The zero-order valence-electron chi connectivity index (χ0n) is 15.1. The van der Waals surface area contributed by atoms with E-state index in [0.29, 0.717) is 5.76 Å². The first-order valence-electron chi connectivity index (χ1n) is 8.68. The topological polar surface area (TPSA) is 86.4 Å². The van der Waals surface area contributed by atoms with Crippen LogP contribution >= 0.6 is 0 Å². The molecule has 0 amide bonds. The number of benzene rings is 2. The Morgan fingerprint density at radius 3 is 2.61 bits per heavy atom. The molecule has 0 saturated heterocycles. The summed E-state index contributed by atoms with van der Waals surface area (Å²) < 4.78 is 40.7. The predicted molar refractivity (Wildman–Crippen MR) is 105 cm³/mol. The number of sulfonamides is 1. The monoisotopic (exact) mass is 397 g/mol. The minimum absolute atomic E-state index is 0.0551. The average molecular weight is 397 g/mol. The van der Waals surface area contributed by atoms with Gasteiger partial charge in [0.25, 0.3) is 0 Å². The smallest absolute Gasteiger partial charge is 0.240 e. The summed E-state index contributed by atoms with van der Waals surface area (Å²) in [6.45, 7) is 0.0551. The number of nitrogens with zero attached hydrogens (tertiary/aromatic N) is 2. The van der Waals surface area contributed by atoms with Gasteiger partial charge in [0.2, 0.25) is 10.0 Å². The Labute approximate surface area is 162 Å². The standard InChI is InChI=1S/C20H19N3O4S/c1-26-20(19-13-15-5-2-3-6-18(15)27-19)14-22-28(24,25)17-9-7-16(8-10-17)23-12-4-11-21-23/h2-13,20,22H,14H2,1H3/t20-/m0/s1. The Kier molecular flexibility index (Phi) is 4.99. The van der Waals surface area contributed by atoms with Crippen LogP contribution in [0.25, 0.3) is 16.7 Å². The number of hydrogen-bond acceptors (Lipinski definition) is 5. The second-order valence-corrected chi connectivity index (χ2v) is 7.97. The van der Waals surface area contributed by atoms with Crippen LogP contribution in [0.2, 0.25) is 0 Å². The molecule has 0 aliphatic heterocycles. The molecule has 1 atom stereocenters. The van der Waals surface area contributed by atoms with Crippen molar-refractivity contribution < 1.29 is 17.6 Å². The molecule has 2 aromatic carbocycles. The molecule has 144 valence electrons. The summed E-state index contributed by atoms with van der Waals surface area (Å²) >= 11 is 0. The van der Waals surface area contributed by atoms with Gasteiger partial charge in [-0.2, -0.15) is 5.10 Å². The number of furan rings is 1. The molecular weight excluding hydrogens is 378 g/mol. The second kappa shape index (κ2) is 7.59. The zero-order valence-corrected chi connectivity index (χ0v) is 16.0. The normalized spacial score (nSPS) is 13.0. The summed E-state index contributed by atoms with van der Waals surface area (Å²) in [5.74, 6) is 0.570. The van der Waals surface area contributed by atoms with E-state index >= 15 is 0 Å². The summed E-state index contributed by atoms with van der Waals surface area (Å²) in [6, 6.07) is 17.7. The van der Waals surface area contributed by atoms with Crippen LogP contribution in [0.4, 0.5) is 0 Å². The zero-order chi connectivity index (χ0) is 19.6. The highest BCUT2D eigenvalue weighted by atomic mass is 32.2. The van der Waals surface area contributed by atoms with E-state index in [2.05, 4.69) is 9.82 Å². The Morgan fingerprint density at radius 1 is 1.14 bits per heavy atom. The van der Waals surface area contributed by atoms with Crippen molar-refractivity contribution in [3.63, 3.8) is 0 Å². The minimum atomic E-state index is -3.69. The Morgan fingerprint density at radius 2 is 1.93 bits per heavy atom. The molecule has 2 heterocycles. The number of ether oxygens (including phenoxy) is 1. The molecule has 0 spiro atoms. The average Bonchev–Trinajstić information content (AvgIpc) is 3.38. The van der Waals surface area contributed by atoms with Gasteiger partial charge in [-0.15, -0.1) is 0 Å². The number of methoxy groups -OCH3 is 1. The summed E-state index contributed by atoms with van der Waals surface area (Å²) in [6.07, 6.45) is 2.92. The van der Waals surface area contributed by atoms with Crippen molar-refractivity contribution >= 4 is 21.0 Å². The Balaban J connectivity index is 1.49. The fourth-order valence-electron chi connectivity index (χ4n) is 2.93. The largest absolute Gasteiger partial charge is 0.458 e. The highest BCUT2D eigenvalue weighted by Gasteiger charge is 2.20. The van der Waals surface area contributed by atoms with E-state index in [1.807, 2.05) is 30.3 Å². The molecule has 0 fully saturated rings. The number of para-hydroxylation sites is 1. The third-order valence-corrected chi connectivity index (χ3v) is 5.86.